The molecular weight excluding hydrogens is 303 g/mol. The number of halogens is 4. The Bertz CT molecular complexity index is 610. The van der Waals surface area contributed by atoms with Crippen molar-refractivity contribution in [2.75, 3.05) is 7.11 Å². The minimum atomic E-state index is -4.66. The minimum Gasteiger partial charge on any atom is -0.497 e. The molecule has 0 saturated heterocycles. The second kappa shape index (κ2) is 5.58. The molecule has 1 atom stereocenters. The van der Waals surface area contributed by atoms with Crippen molar-refractivity contribution < 1.29 is 17.9 Å². The van der Waals surface area contributed by atoms with Crippen molar-refractivity contribution in [2.45, 2.75) is 11.7 Å². The third-order valence-corrected chi connectivity index (χ3v) is 3.54. The number of ether oxygens (including phenoxy) is 1. The number of hydrogen-bond donors (Lipinski definition) is 1. The Kier molecular flexibility index (Phi) is 4.16. The van der Waals surface area contributed by atoms with Gasteiger partial charge < -0.3 is 10.5 Å². The molecule has 2 nitrogen and oxygen atoms in total. The van der Waals surface area contributed by atoms with Gasteiger partial charge in [-0.2, -0.15) is 13.2 Å². The summed E-state index contributed by atoms with van der Waals surface area (Å²) in [7, 11) is 1.44. The summed E-state index contributed by atoms with van der Waals surface area (Å²) in [6, 6.07) is 10.8. The standard InChI is InChI=1S/C15H13ClF3NO/c1-21-13-8-4-11(5-9-13)14(20,15(17,18)19)10-2-6-12(16)7-3-10/h2-9H,20H2,1H3. The SMILES string of the molecule is COc1ccc(C(N)(c2ccc(Cl)cc2)C(F)(F)F)cc1. The highest BCUT2D eigenvalue weighted by Crippen LogP contribution is 2.42. The zero-order chi connectivity index (χ0) is 15.7. The first-order chi connectivity index (χ1) is 9.79. The summed E-state index contributed by atoms with van der Waals surface area (Å²) in [6.45, 7) is 0. The fraction of sp³-hybridized carbons (Fsp3) is 0.200. The Morgan fingerprint density at radius 3 is 1.71 bits per heavy atom. The third-order valence-electron chi connectivity index (χ3n) is 3.29. The Morgan fingerprint density at radius 1 is 0.905 bits per heavy atom. The van der Waals surface area contributed by atoms with Crippen LogP contribution in [-0.4, -0.2) is 13.3 Å². The zero-order valence-corrected chi connectivity index (χ0v) is 11.9. The molecule has 2 aromatic rings. The van der Waals surface area contributed by atoms with Crippen molar-refractivity contribution in [1.82, 2.24) is 0 Å². The number of rotatable bonds is 3. The van der Waals surface area contributed by atoms with Gasteiger partial charge in [-0.05, 0) is 35.4 Å². The summed E-state index contributed by atoms with van der Waals surface area (Å²) in [5, 5.41) is 0.345. The van der Waals surface area contributed by atoms with Gasteiger partial charge in [-0.3, -0.25) is 0 Å². The highest BCUT2D eigenvalue weighted by molar-refractivity contribution is 6.30. The molecule has 2 rings (SSSR count). The maximum absolute atomic E-state index is 13.6. The summed E-state index contributed by atoms with van der Waals surface area (Å²) < 4.78 is 45.7. The summed E-state index contributed by atoms with van der Waals surface area (Å²) in [5.41, 5.74) is 2.99. The number of benzene rings is 2. The molecule has 6 heteroatoms. The molecule has 0 saturated carbocycles. The van der Waals surface area contributed by atoms with Crippen LogP contribution in [0.5, 0.6) is 5.75 Å². The highest BCUT2D eigenvalue weighted by Gasteiger charge is 2.54. The van der Waals surface area contributed by atoms with Crippen LogP contribution in [0.15, 0.2) is 48.5 Å². The lowest BCUT2D eigenvalue weighted by Crippen LogP contribution is -2.51. The van der Waals surface area contributed by atoms with E-state index in [1.807, 2.05) is 0 Å². The van der Waals surface area contributed by atoms with Crippen LogP contribution >= 0.6 is 11.6 Å². The van der Waals surface area contributed by atoms with Crippen LogP contribution in [0.25, 0.3) is 0 Å². The van der Waals surface area contributed by atoms with E-state index in [1.54, 1.807) is 0 Å². The molecule has 0 aliphatic heterocycles. The molecule has 0 bridgehead atoms. The number of alkyl halides is 3. The second-order valence-corrected chi connectivity index (χ2v) is 4.98. The first-order valence-electron chi connectivity index (χ1n) is 6.05. The Balaban J connectivity index is 2.58. The Morgan fingerprint density at radius 2 is 1.33 bits per heavy atom. The van der Waals surface area contributed by atoms with Gasteiger partial charge in [0.1, 0.15) is 5.75 Å². The van der Waals surface area contributed by atoms with Gasteiger partial charge in [0.2, 0.25) is 0 Å². The van der Waals surface area contributed by atoms with Gasteiger partial charge in [0.25, 0.3) is 0 Å². The van der Waals surface area contributed by atoms with Crippen LogP contribution in [0.4, 0.5) is 13.2 Å². The van der Waals surface area contributed by atoms with Crippen molar-refractivity contribution in [3.63, 3.8) is 0 Å². The van der Waals surface area contributed by atoms with Gasteiger partial charge in [0.15, 0.2) is 5.54 Å². The molecule has 1 unspecified atom stereocenters. The van der Waals surface area contributed by atoms with Gasteiger partial charge >= 0.3 is 6.18 Å². The molecule has 0 fully saturated rings. The summed E-state index contributed by atoms with van der Waals surface area (Å²) in [5.74, 6) is 0.458. The highest BCUT2D eigenvalue weighted by atomic mass is 35.5. The summed E-state index contributed by atoms with van der Waals surface area (Å²) in [4.78, 5) is 0. The molecule has 0 spiro atoms. The van der Waals surface area contributed by atoms with E-state index in [1.165, 1.54) is 55.6 Å². The first-order valence-corrected chi connectivity index (χ1v) is 6.43. The predicted octanol–water partition coefficient (Wildman–Crippen LogP) is 4.11. The van der Waals surface area contributed by atoms with E-state index < -0.39 is 11.7 Å². The smallest absolute Gasteiger partial charge is 0.414 e. The lowest BCUT2D eigenvalue weighted by Gasteiger charge is -2.33. The number of hydrogen-bond acceptors (Lipinski definition) is 2. The normalized spacial score (nSPS) is 14.6. The molecule has 0 aromatic heterocycles. The summed E-state index contributed by atoms with van der Waals surface area (Å²) in [6.07, 6.45) is -4.66. The largest absolute Gasteiger partial charge is 0.497 e. The van der Waals surface area contributed by atoms with E-state index in [4.69, 9.17) is 22.1 Å². The maximum atomic E-state index is 13.6. The van der Waals surface area contributed by atoms with Gasteiger partial charge in [0, 0.05) is 5.02 Å². The fourth-order valence-corrected chi connectivity index (χ4v) is 2.19. The lowest BCUT2D eigenvalue weighted by atomic mass is 9.83. The van der Waals surface area contributed by atoms with Crippen LogP contribution < -0.4 is 10.5 Å². The molecule has 0 amide bonds. The molecule has 2 N–H and O–H groups in total. The molecular formula is C15H13ClF3NO. The molecule has 0 radical (unpaired) electrons. The van der Waals surface area contributed by atoms with Crippen molar-refractivity contribution in [1.29, 1.82) is 0 Å². The van der Waals surface area contributed by atoms with E-state index in [-0.39, 0.29) is 11.1 Å². The Hall–Kier alpha value is -1.72. The van der Waals surface area contributed by atoms with Gasteiger partial charge in [0.05, 0.1) is 7.11 Å². The third kappa shape index (κ3) is 2.84. The van der Waals surface area contributed by atoms with Crippen molar-refractivity contribution in [3.8, 4) is 5.75 Å². The van der Waals surface area contributed by atoms with E-state index in [0.717, 1.165) is 0 Å². The number of nitrogens with two attached hydrogens (primary N) is 1. The van der Waals surface area contributed by atoms with Crippen LogP contribution in [0.3, 0.4) is 0 Å². The molecule has 2 aromatic carbocycles. The molecule has 0 heterocycles. The van der Waals surface area contributed by atoms with Crippen LogP contribution in [-0.2, 0) is 5.54 Å². The van der Waals surface area contributed by atoms with E-state index in [0.29, 0.717) is 10.8 Å². The molecule has 21 heavy (non-hydrogen) atoms. The van der Waals surface area contributed by atoms with Crippen molar-refractivity contribution >= 4 is 11.6 Å². The summed E-state index contributed by atoms with van der Waals surface area (Å²) >= 11 is 5.72. The maximum Gasteiger partial charge on any atom is 0.414 e. The quantitative estimate of drug-likeness (QED) is 0.925. The first kappa shape index (κ1) is 15.7. The van der Waals surface area contributed by atoms with E-state index in [2.05, 4.69) is 0 Å². The van der Waals surface area contributed by atoms with Crippen LogP contribution in [0, 0.1) is 0 Å². The average molecular weight is 316 g/mol. The molecule has 112 valence electrons. The van der Waals surface area contributed by atoms with E-state index >= 15 is 0 Å². The van der Waals surface area contributed by atoms with Crippen LogP contribution in [0.1, 0.15) is 11.1 Å². The Labute approximate surface area is 125 Å². The van der Waals surface area contributed by atoms with E-state index in [9.17, 15) is 13.2 Å². The monoisotopic (exact) mass is 315 g/mol. The fourth-order valence-electron chi connectivity index (χ4n) is 2.06. The molecule has 0 aliphatic carbocycles. The van der Waals surface area contributed by atoms with Crippen LogP contribution in [0.2, 0.25) is 5.02 Å². The zero-order valence-electron chi connectivity index (χ0n) is 11.1. The average Bonchev–Trinajstić information content (AvgIpc) is 2.46. The topological polar surface area (TPSA) is 35.2 Å². The van der Waals surface area contributed by atoms with Gasteiger partial charge in [-0.1, -0.05) is 35.9 Å². The lowest BCUT2D eigenvalue weighted by molar-refractivity contribution is -0.176. The van der Waals surface area contributed by atoms with Gasteiger partial charge in [-0.15, -0.1) is 0 Å². The van der Waals surface area contributed by atoms with Crippen molar-refractivity contribution in [3.05, 3.63) is 64.7 Å². The van der Waals surface area contributed by atoms with Crippen molar-refractivity contribution in [2.24, 2.45) is 5.73 Å². The number of methoxy groups -OCH3 is 1. The predicted molar refractivity (Wildman–Crippen MR) is 75.5 cm³/mol. The van der Waals surface area contributed by atoms with Gasteiger partial charge in [-0.25, -0.2) is 0 Å². The minimum absolute atomic E-state index is 0.0712. The second-order valence-electron chi connectivity index (χ2n) is 4.54. The molecule has 0 aliphatic rings.